The first-order valence-electron chi connectivity index (χ1n) is 12.8. The van der Waals surface area contributed by atoms with Gasteiger partial charge in [0, 0.05) is 48.5 Å². The van der Waals surface area contributed by atoms with Gasteiger partial charge in [0.05, 0.1) is 23.5 Å². The zero-order valence-electron chi connectivity index (χ0n) is 22.9. The Morgan fingerprint density at radius 3 is 2.73 bits per heavy atom. The summed E-state index contributed by atoms with van der Waals surface area (Å²) in [5.74, 6) is -0.290. The van der Waals surface area contributed by atoms with Crippen molar-refractivity contribution in [2.24, 2.45) is 4.99 Å². The molecule has 2 bridgehead atoms. The van der Waals surface area contributed by atoms with Crippen LogP contribution in [0.15, 0.2) is 52.0 Å². The Bertz CT molecular complexity index is 1720. The quantitative estimate of drug-likeness (QED) is 0.343. The van der Waals surface area contributed by atoms with Gasteiger partial charge in [0.2, 0.25) is 11.9 Å². The molecule has 0 aliphatic carbocycles. The largest absolute Gasteiger partial charge is 0.467 e. The van der Waals surface area contributed by atoms with Crippen LogP contribution in [0.3, 0.4) is 0 Å². The highest BCUT2D eigenvalue weighted by atomic mass is 32.1. The molecule has 204 valence electrons. The fraction of sp³-hybridized carbons (Fsp3) is 0.276. The molecule has 10 nitrogen and oxygen atoms in total. The third-order valence-corrected chi connectivity index (χ3v) is 7.02. The van der Waals surface area contributed by atoms with Gasteiger partial charge in [0.1, 0.15) is 6.26 Å². The van der Waals surface area contributed by atoms with E-state index in [1.165, 1.54) is 7.11 Å². The summed E-state index contributed by atoms with van der Waals surface area (Å²) in [4.78, 5) is 30.9. The lowest BCUT2D eigenvalue weighted by molar-refractivity contribution is -0.119. The van der Waals surface area contributed by atoms with Crippen molar-refractivity contribution in [3.63, 3.8) is 0 Å². The third-order valence-electron chi connectivity index (χ3n) is 6.80. The van der Waals surface area contributed by atoms with E-state index in [4.69, 9.17) is 26.4 Å². The minimum atomic E-state index is -1.04. The van der Waals surface area contributed by atoms with Crippen LogP contribution in [0, 0.1) is 19.3 Å². The first-order chi connectivity index (χ1) is 19.3. The van der Waals surface area contributed by atoms with E-state index in [-0.39, 0.29) is 22.7 Å². The van der Waals surface area contributed by atoms with E-state index >= 15 is 0 Å². The van der Waals surface area contributed by atoms with E-state index < -0.39 is 6.17 Å². The van der Waals surface area contributed by atoms with Gasteiger partial charge >= 0.3 is 6.01 Å². The zero-order chi connectivity index (χ0) is 28.4. The van der Waals surface area contributed by atoms with Gasteiger partial charge in [-0.05, 0) is 81.0 Å². The number of rotatable bonds is 6. The average Bonchev–Trinajstić information content (AvgIpc) is 3.01. The summed E-state index contributed by atoms with van der Waals surface area (Å²) >= 11 is 5.64. The second-order valence-electron chi connectivity index (χ2n) is 9.18. The molecule has 2 N–H and O–H groups in total. The number of aryl methyl sites for hydroxylation is 1. The van der Waals surface area contributed by atoms with Crippen LogP contribution >= 0.6 is 12.2 Å². The van der Waals surface area contributed by atoms with E-state index in [0.717, 1.165) is 30.0 Å². The Morgan fingerprint density at radius 1 is 1.20 bits per heavy atom. The Labute approximate surface area is 237 Å². The monoisotopic (exact) mass is 555 g/mol. The molecule has 0 fully saturated rings. The van der Waals surface area contributed by atoms with Crippen LogP contribution in [0.2, 0.25) is 0 Å². The molecule has 5 rings (SSSR count). The highest BCUT2D eigenvalue weighted by molar-refractivity contribution is 7.80. The highest BCUT2D eigenvalue weighted by Crippen LogP contribution is 2.25. The van der Waals surface area contributed by atoms with Crippen LogP contribution in [0.1, 0.15) is 19.4 Å². The van der Waals surface area contributed by atoms with Crippen LogP contribution in [0.25, 0.3) is 21.9 Å². The Balaban J connectivity index is 1.58. The van der Waals surface area contributed by atoms with Crippen molar-refractivity contribution in [3.05, 3.63) is 65.8 Å². The molecule has 1 aliphatic heterocycles. The summed E-state index contributed by atoms with van der Waals surface area (Å²) in [7, 11) is 3.17. The SMILES string of the molecule is CCN(CC)c1ccc(NC(=S)NC2N=c3c4cc(c#coc5nc(OC)ncc35)ccc4N(C)C2=O)c(C)c1. The normalized spacial score (nSPS) is 14.2. The van der Waals surface area contributed by atoms with Crippen molar-refractivity contribution >= 4 is 62.2 Å². The van der Waals surface area contributed by atoms with Gasteiger partial charge in [0.25, 0.3) is 5.91 Å². The minimum absolute atomic E-state index is 0.122. The maximum atomic E-state index is 13.6. The average molecular weight is 556 g/mol. The molecular weight excluding hydrogens is 526 g/mol. The van der Waals surface area contributed by atoms with E-state index in [1.807, 2.05) is 31.2 Å². The molecular formula is C29H29N7O3S. The number of thiocarbonyl (C=S) groups is 1. The summed E-state index contributed by atoms with van der Waals surface area (Å²) in [5.41, 5.74) is 3.83. The summed E-state index contributed by atoms with van der Waals surface area (Å²) < 4.78 is 10.8. The molecule has 1 unspecified atom stereocenters. The van der Waals surface area contributed by atoms with Gasteiger partial charge in [-0.15, -0.1) is 0 Å². The lowest BCUT2D eigenvalue weighted by Gasteiger charge is -2.23. The molecule has 1 amide bonds. The second kappa shape index (κ2) is 11.2. The predicted octanol–water partition coefficient (Wildman–Crippen LogP) is 3.89. The van der Waals surface area contributed by atoms with Crippen molar-refractivity contribution in [1.29, 1.82) is 0 Å². The first-order valence-corrected chi connectivity index (χ1v) is 13.3. The summed E-state index contributed by atoms with van der Waals surface area (Å²) in [5, 5.41) is 8.89. The molecule has 0 saturated heterocycles. The molecule has 0 saturated carbocycles. The Hall–Kier alpha value is -4.69. The number of nitrogens with zero attached hydrogens (tertiary/aromatic N) is 5. The Morgan fingerprint density at radius 2 is 2.00 bits per heavy atom. The van der Waals surface area contributed by atoms with Crippen LogP contribution in [-0.4, -0.2) is 54.4 Å². The predicted molar refractivity (Wildman–Crippen MR) is 159 cm³/mol. The molecule has 40 heavy (non-hydrogen) atoms. The summed E-state index contributed by atoms with van der Waals surface area (Å²) in [6.07, 6.45) is 3.19. The van der Waals surface area contributed by atoms with Crippen LogP contribution in [0.4, 0.5) is 17.1 Å². The maximum absolute atomic E-state index is 13.6. The number of amides is 1. The van der Waals surface area contributed by atoms with E-state index in [1.54, 1.807) is 18.1 Å². The van der Waals surface area contributed by atoms with Gasteiger partial charge in [-0.1, -0.05) is 0 Å². The molecule has 1 aliphatic rings. The molecule has 0 radical (unpaired) electrons. The number of ether oxygens (including phenoxy) is 1. The molecule has 11 heteroatoms. The van der Waals surface area contributed by atoms with Gasteiger partial charge in [-0.3, -0.25) is 4.79 Å². The topological polar surface area (TPSA) is 108 Å². The van der Waals surface area contributed by atoms with Crippen molar-refractivity contribution in [2.45, 2.75) is 26.9 Å². The first kappa shape index (κ1) is 26.9. The fourth-order valence-electron chi connectivity index (χ4n) is 4.64. The van der Waals surface area contributed by atoms with Crippen LogP contribution in [0.5, 0.6) is 6.01 Å². The highest BCUT2D eigenvalue weighted by Gasteiger charge is 2.27. The molecule has 4 aromatic rings. The Kier molecular flexibility index (Phi) is 7.53. The smallest absolute Gasteiger partial charge is 0.319 e. The van der Waals surface area contributed by atoms with Gasteiger partial charge in [0.15, 0.2) is 5.11 Å². The van der Waals surface area contributed by atoms with Crippen molar-refractivity contribution < 1.29 is 13.9 Å². The summed E-state index contributed by atoms with van der Waals surface area (Å²) in [6, 6.07) is 14.8. The van der Waals surface area contributed by atoms with Crippen molar-refractivity contribution in [2.75, 3.05) is 42.4 Å². The van der Waals surface area contributed by atoms with E-state index in [9.17, 15) is 4.79 Å². The number of anilines is 3. The lowest BCUT2D eigenvalue weighted by Crippen LogP contribution is -2.47. The number of nitrogens with one attached hydrogen (secondary N) is 2. The fourth-order valence-corrected chi connectivity index (χ4v) is 4.86. The van der Waals surface area contributed by atoms with Gasteiger partial charge < -0.3 is 29.6 Å². The van der Waals surface area contributed by atoms with E-state index in [0.29, 0.717) is 27.2 Å². The zero-order valence-corrected chi connectivity index (χ0v) is 23.7. The van der Waals surface area contributed by atoms with E-state index in [2.05, 4.69) is 63.8 Å². The van der Waals surface area contributed by atoms with Gasteiger partial charge in [-0.2, -0.15) is 4.98 Å². The molecule has 2 aromatic carbocycles. The number of fused-ring (bicyclic) bond motifs is 3. The molecule has 1 atom stereocenters. The molecule has 0 spiro atoms. The van der Waals surface area contributed by atoms with Crippen LogP contribution in [-0.2, 0) is 4.79 Å². The lowest BCUT2D eigenvalue weighted by atomic mass is 10.1. The maximum Gasteiger partial charge on any atom is 0.319 e. The van der Waals surface area contributed by atoms with Crippen molar-refractivity contribution in [3.8, 4) is 6.01 Å². The number of hydrogen-bond donors (Lipinski definition) is 2. The number of likely N-dealkylation sites (N-methyl/N-ethyl adjacent to an activating group) is 1. The van der Waals surface area contributed by atoms with Gasteiger partial charge in [-0.25, -0.2) is 9.98 Å². The number of carbonyl (C=O) groups is 1. The minimum Gasteiger partial charge on any atom is -0.467 e. The summed E-state index contributed by atoms with van der Waals surface area (Å²) in [6.45, 7) is 8.11. The molecule has 3 heterocycles. The number of hydrogen-bond acceptors (Lipinski definition) is 8. The standard InChI is InChI=1S/C29H29N7O3S/c1-6-36(7-2)19-9-10-22(17(3)14-19)31-29(40)33-25-27(37)35(4)23-11-8-18-12-13-39-26-21(16-30-28(34-26)38-5)24(32-25)20(23)15-18/h8-11,14-16,25H,6-7H2,1-5H3,(H2,31,33,40). The number of methoxy groups -OCH3 is 1. The van der Waals surface area contributed by atoms with Crippen LogP contribution < -0.4 is 30.5 Å². The second-order valence-corrected chi connectivity index (χ2v) is 9.59. The number of benzene rings is 2. The van der Waals surface area contributed by atoms with Crippen molar-refractivity contribution in [1.82, 2.24) is 15.3 Å². The number of aromatic nitrogens is 2. The number of carbonyl (C=O) groups excluding carboxylic acids is 1. The molecule has 2 aromatic heterocycles. The third kappa shape index (κ3) is 5.13.